The van der Waals surface area contributed by atoms with Crippen molar-refractivity contribution in [2.75, 3.05) is 42.7 Å². The zero-order valence-corrected chi connectivity index (χ0v) is 16.0. The van der Waals surface area contributed by atoms with Crippen LogP contribution < -0.4 is 16.4 Å². The monoisotopic (exact) mass is 386 g/mol. The summed E-state index contributed by atoms with van der Waals surface area (Å²) in [5.74, 6) is 0.518. The summed E-state index contributed by atoms with van der Waals surface area (Å²) in [6.07, 6.45) is 0. The molecule has 4 aromatic rings. The first-order valence-corrected chi connectivity index (χ1v) is 9.67. The van der Waals surface area contributed by atoms with Crippen molar-refractivity contribution in [2.24, 2.45) is 0 Å². The van der Waals surface area contributed by atoms with Crippen molar-refractivity contribution in [2.45, 2.75) is 0 Å². The number of anilines is 3. The Balaban J connectivity index is 1.60. The smallest absolute Gasteiger partial charge is 0.229 e. The molecule has 1 aliphatic heterocycles. The van der Waals surface area contributed by atoms with Crippen LogP contribution in [0.3, 0.4) is 0 Å². The quantitative estimate of drug-likeness (QED) is 0.514. The average molecular weight is 386 g/mol. The van der Waals surface area contributed by atoms with E-state index >= 15 is 0 Å². The molecule has 5 rings (SSSR count). The molecule has 1 saturated heterocycles. The Kier molecular flexibility index (Phi) is 4.33. The molecule has 29 heavy (non-hydrogen) atoms. The zero-order valence-electron chi connectivity index (χ0n) is 16.0. The minimum Gasteiger partial charge on any atom is -0.435 e. The Hall–Kier alpha value is -3.51. The first-order chi connectivity index (χ1) is 14.2. The fraction of sp³-hybridized carbons (Fsp3) is 0.174. The molecule has 0 unspecified atom stereocenters. The van der Waals surface area contributed by atoms with Crippen molar-refractivity contribution in [3.05, 3.63) is 60.7 Å². The third kappa shape index (κ3) is 3.28. The lowest BCUT2D eigenvalue weighted by Crippen LogP contribution is -2.36. The molecule has 0 aliphatic carbocycles. The van der Waals surface area contributed by atoms with Crippen LogP contribution in [0, 0.1) is 0 Å². The number of rotatable bonds is 3. The second-order valence-corrected chi connectivity index (χ2v) is 7.17. The van der Waals surface area contributed by atoms with Crippen LogP contribution in [0.25, 0.3) is 33.7 Å². The number of ether oxygens (including phenoxy) is 1. The predicted molar refractivity (Wildman–Crippen MR) is 117 cm³/mol. The van der Waals surface area contributed by atoms with Gasteiger partial charge >= 0.3 is 0 Å². The van der Waals surface area contributed by atoms with E-state index in [1.54, 1.807) is 0 Å². The zero-order chi connectivity index (χ0) is 19.8. The lowest BCUT2D eigenvalue weighted by molar-refractivity contribution is 0.122. The molecule has 2 heterocycles. The summed E-state index contributed by atoms with van der Waals surface area (Å²) in [4.78, 5) is 7.00. The van der Waals surface area contributed by atoms with E-state index in [4.69, 9.17) is 25.6 Å². The van der Waals surface area contributed by atoms with Crippen LogP contribution in [0.4, 0.5) is 17.1 Å². The van der Waals surface area contributed by atoms with Gasteiger partial charge in [-0.1, -0.05) is 24.3 Å². The van der Waals surface area contributed by atoms with E-state index in [0.29, 0.717) is 17.3 Å². The molecule has 146 valence electrons. The topological polar surface area (TPSA) is 90.5 Å². The van der Waals surface area contributed by atoms with E-state index in [1.165, 1.54) is 0 Å². The van der Waals surface area contributed by atoms with Crippen LogP contribution >= 0.6 is 0 Å². The molecule has 6 heteroatoms. The van der Waals surface area contributed by atoms with Gasteiger partial charge in [-0.2, -0.15) is 0 Å². The minimum absolute atomic E-state index is 0.518. The maximum absolute atomic E-state index is 6.28. The predicted octanol–water partition coefficient (Wildman–Crippen LogP) is 4.16. The Morgan fingerprint density at radius 2 is 1.69 bits per heavy atom. The third-order valence-corrected chi connectivity index (χ3v) is 5.26. The molecule has 0 atom stereocenters. The number of aromatic nitrogens is 1. The van der Waals surface area contributed by atoms with Crippen molar-refractivity contribution in [3.63, 3.8) is 0 Å². The number of fused-ring (bicyclic) bond motifs is 1. The molecule has 0 amide bonds. The Morgan fingerprint density at radius 3 is 2.52 bits per heavy atom. The molecule has 0 spiro atoms. The van der Waals surface area contributed by atoms with E-state index in [2.05, 4.69) is 4.90 Å². The molecule has 1 fully saturated rings. The number of benzene rings is 3. The van der Waals surface area contributed by atoms with Crippen molar-refractivity contribution >= 4 is 28.2 Å². The first kappa shape index (κ1) is 17.6. The number of nitrogen functional groups attached to an aromatic ring is 2. The molecule has 3 aromatic carbocycles. The van der Waals surface area contributed by atoms with Crippen molar-refractivity contribution in [1.29, 1.82) is 0 Å². The number of oxazole rings is 1. The summed E-state index contributed by atoms with van der Waals surface area (Å²) >= 11 is 0. The molecule has 0 saturated carbocycles. The SMILES string of the molecule is Nc1cccc(-c2cccc3nc(-c4cc(N5CCOCC5)ccc4N)oc23)c1. The molecule has 4 N–H and O–H groups in total. The molecular formula is C23H22N4O2. The average Bonchev–Trinajstić information content (AvgIpc) is 3.19. The molecule has 0 bridgehead atoms. The van der Waals surface area contributed by atoms with Crippen LogP contribution in [-0.2, 0) is 4.74 Å². The summed E-state index contributed by atoms with van der Waals surface area (Å²) in [5.41, 5.74) is 18.9. The van der Waals surface area contributed by atoms with E-state index in [-0.39, 0.29) is 0 Å². The summed E-state index contributed by atoms with van der Waals surface area (Å²) < 4.78 is 11.7. The van der Waals surface area contributed by atoms with Gasteiger partial charge in [-0.05, 0) is 42.0 Å². The fourth-order valence-corrected chi connectivity index (χ4v) is 3.75. The van der Waals surface area contributed by atoms with Gasteiger partial charge in [0, 0.05) is 35.7 Å². The van der Waals surface area contributed by atoms with Crippen molar-refractivity contribution in [3.8, 4) is 22.6 Å². The number of nitrogens with two attached hydrogens (primary N) is 2. The summed E-state index contributed by atoms with van der Waals surface area (Å²) in [7, 11) is 0. The van der Waals surface area contributed by atoms with Crippen LogP contribution in [0.15, 0.2) is 65.1 Å². The number of para-hydroxylation sites is 1. The van der Waals surface area contributed by atoms with Gasteiger partial charge in [0.05, 0.1) is 18.8 Å². The maximum Gasteiger partial charge on any atom is 0.229 e. The highest BCUT2D eigenvalue weighted by atomic mass is 16.5. The molecule has 1 aromatic heterocycles. The van der Waals surface area contributed by atoms with E-state index in [0.717, 1.165) is 59.8 Å². The largest absolute Gasteiger partial charge is 0.435 e. The number of hydrogen-bond donors (Lipinski definition) is 2. The highest BCUT2D eigenvalue weighted by molar-refractivity contribution is 5.92. The van der Waals surface area contributed by atoms with Crippen LogP contribution in [0.2, 0.25) is 0 Å². The van der Waals surface area contributed by atoms with Crippen LogP contribution in [-0.4, -0.2) is 31.3 Å². The van der Waals surface area contributed by atoms with Gasteiger partial charge in [0.2, 0.25) is 5.89 Å². The highest BCUT2D eigenvalue weighted by Gasteiger charge is 2.18. The lowest BCUT2D eigenvalue weighted by Gasteiger charge is -2.29. The Labute approximate surface area is 168 Å². The molecular weight excluding hydrogens is 364 g/mol. The normalized spacial score (nSPS) is 14.4. The van der Waals surface area contributed by atoms with Gasteiger partial charge in [-0.15, -0.1) is 0 Å². The molecule has 0 radical (unpaired) electrons. The number of hydrogen-bond acceptors (Lipinski definition) is 6. The van der Waals surface area contributed by atoms with Crippen molar-refractivity contribution < 1.29 is 9.15 Å². The van der Waals surface area contributed by atoms with Crippen LogP contribution in [0.1, 0.15) is 0 Å². The summed E-state index contributed by atoms with van der Waals surface area (Å²) in [6, 6.07) is 19.7. The second-order valence-electron chi connectivity index (χ2n) is 7.17. The molecule has 1 aliphatic rings. The van der Waals surface area contributed by atoms with E-state index in [9.17, 15) is 0 Å². The van der Waals surface area contributed by atoms with E-state index < -0.39 is 0 Å². The summed E-state index contributed by atoms with van der Waals surface area (Å²) in [5, 5.41) is 0. The second kappa shape index (κ2) is 7.14. The first-order valence-electron chi connectivity index (χ1n) is 9.67. The Morgan fingerprint density at radius 1 is 0.862 bits per heavy atom. The summed E-state index contributed by atoms with van der Waals surface area (Å²) in [6.45, 7) is 3.17. The van der Waals surface area contributed by atoms with Crippen molar-refractivity contribution in [1.82, 2.24) is 4.98 Å². The fourth-order valence-electron chi connectivity index (χ4n) is 3.75. The van der Waals surface area contributed by atoms with Gasteiger partial charge in [-0.25, -0.2) is 4.98 Å². The van der Waals surface area contributed by atoms with Gasteiger partial charge in [0.25, 0.3) is 0 Å². The highest BCUT2D eigenvalue weighted by Crippen LogP contribution is 2.36. The lowest BCUT2D eigenvalue weighted by atomic mass is 10.0. The minimum atomic E-state index is 0.518. The van der Waals surface area contributed by atoms with Crippen LogP contribution in [0.5, 0.6) is 0 Å². The third-order valence-electron chi connectivity index (χ3n) is 5.26. The molecule has 6 nitrogen and oxygen atoms in total. The van der Waals surface area contributed by atoms with Gasteiger partial charge in [0.1, 0.15) is 5.52 Å². The standard InChI is InChI=1S/C23H22N4O2/c24-16-4-1-3-15(13-16)18-5-2-6-21-22(18)29-23(26-21)19-14-17(7-8-20(19)25)27-9-11-28-12-10-27/h1-8,13-14H,9-12,24-25H2. The number of nitrogens with zero attached hydrogens (tertiary/aromatic N) is 2. The van der Waals surface area contributed by atoms with E-state index in [1.807, 2.05) is 60.7 Å². The Bertz CT molecular complexity index is 1180. The van der Waals surface area contributed by atoms with Gasteiger partial charge < -0.3 is 25.5 Å². The number of morpholine rings is 1. The maximum atomic E-state index is 6.28. The van der Waals surface area contributed by atoms with Gasteiger partial charge in [0.15, 0.2) is 5.58 Å². The van der Waals surface area contributed by atoms with Gasteiger partial charge in [-0.3, -0.25) is 0 Å².